The van der Waals surface area contributed by atoms with Crippen LogP contribution in [0.5, 0.6) is 17.2 Å². The number of benzene rings is 2. The number of para-hydroxylation sites is 1. The van der Waals surface area contributed by atoms with Crippen molar-refractivity contribution in [1.29, 1.82) is 0 Å². The summed E-state index contributed by atoms with van der Waals surface area (Å²) in [6.45, 7) is 2.21. The Hall–Kier alpha value is -2.07. The molecule has 0 atom stereocenters. The van der Waals surface area contributed by atoms with Crippen LogP contribution in [-0.4, -0.2) is 11.7 Å². The molecule has 2 aromatic rings. The van der Waals surface area contributed by atoms with E-state index in [0.29, 0.717) is 17.9 Å². The summed E-state index contributed by atoms with van der Waals surface area (Å²) in [4.78, 5) is 0. The van der Waals surface area contributed by atoms with E-state index in [1.54, 1.807) is 30.3 Å². The van der Waals surface area contributed by atoms with Crippen LogP contribution in [0.15, 0.2) is 42.5 Å². The summed E-state index contributed by atoms with van der Waals surface area (Å²) < 4.78 is 24.4. The molecule has 0 saturated carbocycles. The van der Waals surface area contributed by atoms with Crippen LogP contribution in [0.25, 0.3) is 0 Å². The standard InChI is InChI=1S/C15H15FO3/c1-2-18-12-6-8-13(9-7-12)19-15-11(10-17)4-3-5-14(15)16/h3-9,17H,2,10H2,1H3. The SMILES string of the molecule is CCOc1ccc(Oc2c(F)cccc2CO)cc1. The van der Waals surface area contributed by atoms with Crippen molar-refractivity contribution in [3.63, 3.8) is 0 Å². The molecule has 0 bridgehead atoms. The molecule has 0 fully saturated rings. The van der Waals surface area contributed by atoms with E-state index in [0.717, 1.165) is 5.75 Å². The number of halogens is 1. The lowest BCUT2D eigenvalue weighted by Gasteiger charge is -2.11. The van der Waals surface area contributed by atoms with Gasteiger partial charge in [0.25, 0.3) is 0 Å². The molecule has 4 heteroatoms. The smallest absolute Gasteiger partial charge is 0.168 e. The lowest BCUT2D eigenvalue weighted by atomic mass is 10.2. The first-order chi connectivity index (χ1) is 9.24. The van der Waals surface area contributed by atoms with E-state index in [9.17, 15) is 4.39 Å². The van der Waals surface area contributed by atoms with Gasteiger partial charge in [-0.15, -0.1) is 0 Å². The van der Waals surface area contributed by atoms with Crippen molar-refractivity contribution in [1.82, 2.24) is 0 Å². The molecule has 0 aliphatic heterocycles. The highest BCUT2D eigenvalue weighted by molar-refractivity contribution is 5.40. The normalized spacial score (nSPS) is 10.3. The molecule has 0 unspecified atom stereocenters. The largest absolute Gasteiger partial charge is 0.494 e. The van der Waals surface area contributed by atoms with Crippen molar-refractivity contribution < 1.29 is 19.0 Å². The molecule has 0 spiro atoms. The minimum absolute atomic E-state index is 0.0501. The third-order valence-electron chi connectivity index (χ3n) is 2.57. The average Bonchev–Trinajstić information content (AvgIpc) is 2.43. The fourth-order valence-electron chi connectivity index (χ4n) is 1.68. The van der Waals surface area contributed by atoms with E-state index in [1.165, 1.54) is 12.1 Å². The van der Waals surface area contributed by atoms with Gasteiger partial charge in [0.15, 0.2) is 11.6 Å². The van der Waals surface area contributed by atoms with Crippen molar-refractivity contribution in [3.05, 3.63) is 53.8 Å². The van der Waals surface area contributed by atoms with E-state index < -0.39 is 5.82 Å². The van der Waals surface area contributed by atoms with Crippen molar-refractivity contribution >= 4 is 0 Å². The summed E-state index contributed by atoms with van der Waals surface area (Å²) in [5, 5.41) is 9.17. The molecule has 2 rings (SSSR count). The summed E-state index contributed by atoms with van der Waals surface area (Å²) in [7, 11) is 0. The maximum absolute atomic E-state index is 13.7. The zero-order chi connectivity index (χ0) is 13.7. The van der Waals surface area contributed by atoms with Crippen molar-refractivity contribution in [2.45, 2.75) is 13.5 Å². The molecule has 0 aliphatic carbocycles. The Kier molecular flexibility index (Phi) is 4.36. The van der Waals surface area contributed by atoms with Gasteiger partial charge in [-0.2, -0.15) is 0 Å². The van der Waals surface area contributed by atoms with Crippen LogP contribution >= 0.6 is 0 Å². The molecule has 0 radical (unpaired) electrons. The molecule has 19 heavy (non-hydrogen) atoms. The molecule has 0 aromatic heterocycles. The predicted octanol–water partition coefficient (Wildman–Crippen LogP) is 3.51. The number of rotatable bonds is 5. The Morgan fingerprint density at radius 2 is 1.74 bits per heavy atom. The van der Waals surface area contributed by atoms with Gasteiger partial charge in [-0.25, -0.2) is 4.39 Å². The number of ether oxygens (including phenoxy) is 2. The van der Waals surface area contributed by atoms with Crippen LogP contribution in [0.3, 0.4) is 0 Å². The highest BCUT2D eigenvalue weighted by atomic mass is 19.1. The van der Waals surface area contributed by atoms with Gasteiger partial charge in [-0.3, -0.25) is 0 Å². The molecule has 3 nitrogen and oxygen atoms in total. The molecule has 0 amide bonds. The van der Waals surface area contributed by atoms with E-state index in [1.807, 2.05) is 6.92 Å². The Labute approximate surface area is 111 Å². The number of hydrogen-bond acceptors (Lipinski definition) is 3. The zero-order valence-corrected chi connectivity index (χ0v) is 10.6. The molecule has 0 aliphatic rings. The molecule has 0 saturated heterocycles. The first-order valence-corrected chi connectivity index (χ1v) is 6.03. The number of aliphatic hydroxyl groups excluding tert-OH is 1. The van der Waals surface area contributed by atoms with Crippen LogP contribution in [0.4, 0.5) is 4.39 Å². The second-order valence-corrected chi connectivity index (χ2v) is 3.89. The summed E-state index contributed by atoms with van der Waals surface area (Å²) in [5.74, 6) is 0.767. The van der Waals surface area contributed by atoms with Gasteiger partial charge in [0.2, 0.25) is 0 Å². The van der Waals surface area contributed by atoms with Gasteiger partial charge in [0.1, 0.15) is 11.5 Å². The Morgan fingerprint density at radius 3 is 2.37 bits per heavy atom. The minimum atomic E-state index is -0.500. The zero-order valence-electron chi connectivity index (χ0n) is 10.6. The fourth-order valence-corrected chi connectivity index (χ4v) is 1.68. The topological polar surface area (TPSA) is 38.7 Å². The van der Waals surface area contributed by atoms with Gasteiger partial charge in [0, 0.05) is 5.56 Å². The quantitative estimate of drug-likeness (QED) is 0.896. The maximum Gasteiger partial charge on any atom is 0.168 e. The summed E-state index contributed by atoms with van der Waals surface area (Å²) >= 11 is 0. The van der Waals surface area contributed by atoms with Gasteiger partial charge in [-0.1, -0.05) is 12.1 Å². The van der Waals surface area contributed by atoms with E-state index in [4.69, 9.17) is 14.6 Å². The molecular weight excluding hydrogens is 247 g/mol. The van der Waals surface area contributed by atoms with Crippen molar-refractivity contribution in [2.75, 3.05) is 6.61 Å². The summed E-state index contributed by atoms with van der Waals surface area (Å²) in [6.07, 6.45) is 0. The Bertz CT molecular complexity index is 538. The van der Waals surface area contributed by atoms with Crippen LogP contribution < -0.4 is 9.47 Å². The van der Waals surface area contributed by atoms with E-state index >= 15 is 0 Å². The monoisotopic (exact) mass is 262 g/mol. The van der Waals surface area contributed by atoms with Crippen LogP contribution in [0.1, 0.15) is 12.5 Å². The highest BCUT2D eigenvalue weighted by Crippen LogP contribution is 2.29. The summed E-state index contributed by atoms with van der Waals surface area (Å²) in [5.41, 5.74) is 0.411. The summed E-state index contributed by atoms with van der Waals surface area (Å²) in [6, 6.07) is 11.3. The van der Waals surface area contributed by atoms with E-state index in [2.05, 4.69) is 0 Å². The first-order valence-electron chi connectivity index (χ1n) is 6.03. The molecule has 2 aromatic carbocycles. The van der Waals surface area contributed by atoms with Gasteiger partial charge >= 0.3 is 0 Å². The predicted molar refractivity (Wildman–Crippen MR) is 70.0 cm³/mol. The average molecular weight is 262 g/mol. The first kappa shape index (κ1) is 13.4. The lowest BCUT2D eigenvalue weighted by Crippen LogP contribution is -1.95. The lowest BCUT2D eigenvalue weighted by molar-refractivity contribution is 0.274. The van der Waals surface area contributed by atoms with Gasteiger partial charge in [-0.05, 0) is 37.3 Å². The third-order valence-corrected chi connectivity index (χ3v) is 2.57. The maximum atomic E-state index is 13.7. The fraction of sp³-hybridized carbons (Fsp3) is 0.200. The van der Waals surface area contributed by atoms with E-state index in [-0.39, 0.29) is 12.4 Å². The molecular formula is C15H15FO3. The van der Waals surface area contributed by atoms with Gasteiger partial charge in [0.05, 0.1) is 13.2 Å². The second kappa shape index (κ2) is 6.20. The van der Waals surface area contributed by atoms with Crippen LogP contribution in [-0.2, 0) is 6.61 Å². The second-order valence-electron chi connectivity index (χ2n) is 3.89. The minimum Gasteiger partial charge on any atom is -0.494 e. The van der Waals surface area contributed by atoms with Crippen LogP contribution in [0.2, 0.25) is 0 Å². The Balaban J connectivity index is 2.21. The highest BCUT2D eigenvalue weighted by Gasteiger charge is 2.10. The molecule has 1 N–H and O–H groups in total. The van der Waals surface area contributed by atoms with Crippen molar-refractivity contribution in [3.8, 4) is 17.2 Å². The molecule has 100 valence electrons. The number of hydrogen-bond donors (Lipinski definition) is 1. The Morgan fingerprint density at radius 1 is 1.05 bits per heavy atom. The van der Waals surface area contributed by atoms with Crippen molar-refractivity contribution in [2.24, 2.45) is 0 Å². The number of aliphatic hydroxyl groups is 1. The third kappa shape index (κ3) is 3.23. The van der Waals surface area contributed by atoms with Gasteiger partial charge < -0.3 is 14.6 Å². The molecule has 0 heterocycles. The van der Waals surface area contributed by atoms with Crippen LogP contribution in [0, 0.1) is 5.82 Å².